The van der Waals surface area contributed by atoms with Crippen LogP contribution in [-0.2, 0) is 9.53 Å². The maximum absolute atomic E-state index is 11.4. The monoisotopic (exact) mass is 275 g/mol. The van der Waals surface area contributed by atoms with Crippen LogP contribution < -0.4 is 5.32 Å². The van der Waals surface area contributed by atoms with E-state index in [0.29, 0.717) is 6.61 Å². The van der Waals surface area contributed by atoms with Crippen molar-refractivity contribution >= 4 is 34.2 Å². The fourth-order valence-corrected chi connectivity index (χ4v) is 2.94. The molecule has 1 unspecified atom stereocenters. The molecule has 0 aromatic carbocycles. The Hall–Kier alpha value is -0.820. The van der Waals surface area contributed by atoms with Crippen molar-refractivity contribution < 1.29 is 9.53 Å². The highest BCUT2D eigenvalue weighted by molar-refractivity contribution is 8.02. The van der Waals surface area contributed by atoms with Gasteiger partial charge in [0.05, 0.1) is 6.61 Å². The number of nitrogens with zero attached hydrogens (tertiary/aromatic N) is 2. The molecular formula is C10H17N3O2S2. The fraction of sp³-hybridized carbons (Fsp3) is 0.700. The molecule has 0 aliphatic carbocycles. The summed E-state index contributed by atoms with van der Waals surface area (Å²) < 4.78 is 5.71. The number of carbonyl (C=O) groups is 1. The predicted octanol–water partition coefficient (Wildman–Crippen LogP) is 2.40. The van der Waals surface area contributed by atoms with Crippen molar-refractivity contribution in [1.82, 2.24) is 10.2 Å². The van der Waals surface area contributed by atoms with Gasteiger partial charge in [0.2, 0.25) is 5.13 Å². The summed E-state index contributed by atoms with van der Waals surface area (Å²) in [5, 5.41) is 11.7. The number of hydrogen-bond donors (Lipinski definition) is 1. The van der Waals surface area contributed by atoms with Gasteiger partial charge in [0, 0.05) is 6.54 Å². The van der Waals surface area contributed by atoms with Crippen LogP contribution in [0.2, 0.25) is 0 Å². The van der Waals surface area contributed by atoms with Crippen LogP contribution in [0.4, 0.5) is 5.13 Å². The number of rotatable bonds is 7. The van der Waals surface area contributed by atoms with Crippen LogP contribution >= 0.6 is 23.1 Å². The molecule has 1 aromatic heterocycles. The van der Waals surface area contributed by atoms with Crippen LogP contribution in [0.5, 0.6) is 0 Å². The maximum Gasteiger partial charge on any atom is 0.319 e. The van der Waals surface area contributed by atoms with Gasteiger partial charge < -0.3 is 10.1 Å². The number of carbonyl (C=O) groups excluding carboxylic acids is 1. The Balaban J connectivity index is 2.45. The van der Waals surface area contributed by atoms with Crippen molar-refractivity contribution in [1.29, 1.82) is 0 Å². The van der Waals surface area contributed by atoms with Crippen molar-refractivity contribution in [2.24, 2.45) is 0 Å². The van der Waals surface area contributed by atoms with E-state index in [-0.39, 0.29) is 11.2 Å². The Bertz CT molecular complexity index is 357. The van der Waals surface area contributed by atoms with E-state index < -0.39 is 0 Å². The first kappa shape index (κ1) is 14.2. The molecular weight excluding hydrogens is 258 g/mol. The molecule has 7 heteroatoms. The first-order chi connectivity index (χ1) is 8.17. The van der Waals surface area contributed by atoms with Gasteiger partial charge >= 0.3 is 5.97 Å². The standard InChI is InChI=1S/C10H17N3O2S2/c1-4-6-11-9-12-13-10(17-9)16-7(3)8(14)15-5-2/h7H,4-6H2,1-3H3,(H,11,12). The highest BCUT2D eigenvalue weighted by Gasteiger charge is 2.17. The van der Waals surface area contributed by atoms with Crippen molar-refractivity contribution in [3.05, 3.63) is 0 Å². The minimum Gasteiger partial charge on any atom is -0.465 e. The van der Waals surface area contributed by atoms with E-state index in [4.69, 9.17) is 4.74 Å². The fourth-order valence-electron chi connectivity index (χ4n) is 1.02. The van der Waals surface area contributed by atoms with Crippen LogP contribution in [0.3, 0.4) is 0 Å². The average Bonchev–Trinajstić information content (AvgIpc) is 2.74. The van der Waals surface area contributed by atoms with E-state index in [1.807, 2.05) is 6.92 Å². The average molecular weight is 275 g/mol. The molecule has 0 bridgehead atoms. The first-order valence-electron chi connectivity index (χ1n) is 5.58. The number of ether oxygens (including phenoxy) is 1. The summed E-state index contributed by atoms with van der Waals surface area (Å²) in [5.41, 5.74) is 0. The molecule has 0 fully saturated rings. The van der Waals surface area contributed by atoms with Crippen molar-refractivity contribution in [3.8, 4) is 0 Å². The number of hydrogen-bond acceptors (Lipinski definition) is 7. The van der Waals surface area contributed by atoms with Crippen LogP contribution in [-0.4, -0.2) is 34.6 Å². The highest BCUT2D eigenvalue weighted by atomic mass is 32.2. The van der Waals surface area contributed by atoms with Gasteiger partial charge in [0.1, 0.15) is 5.25 Å². The Morgan fingerprint density at radius 2 is 2.29 bits per heavy atom. The van der Waals surface area contributed by atoms with Gasteiger partial charge in [0.15, 0.2) is 4.34 Å². The highest BCUT2D eigenvalue weighted by Crippen LogP contribution is 2.29. The number of nitrogens with one attached hydrogen (secondary N) is 1. The summed E-state index contributed by atoms with van der Waals surface area (Å²) in [4.78, 5) is 11.4. The molecule has 0 saturated heterocycles. The zero-order valence-electron chi connectivity index (χ0n) is 10.2. The van der Waals surface area contributed by atoms with E-state index in [1.165, 1.54) is 23.1 Å². The minimum absolute atomic E-state index is 0.212. The SMILES string of the molecule is CCCNc1nnc(SC(C)C(=O)OCC)s1. The quantitative estimate of drug-likeness (QED) is 0.609. The van der Waals surface area contributed by atoms with Gasteiger partial charge in [0.25, 0.3) is 0 Å². The molecule has 0 aliphatic heterocycles. The lowest BCUT2D eigenvalue weighted by Gasteiger charge is -2.06. The van der Waals surface area contributed by atoms with E-state index in [9.17, 15) is 4.79 Å². The smallest absolute Gasteiger partial charge is 0.319 e. The van der Waals surface area contributed by atoms with E-state index in [2.05, 4.69) is 22.4 Å². The largest absolute Gasteiger partial charge is 0.465 e. The maximum atomic E-state index is 11.4. The Morgan fingerprint density at radius 3 is 2.94 bits per heavy atom. The zero-order chi connectivity index (χ0) is 12.7. The van der Waals surface area contributed by atoms with E-state index >= 15 is 0 Å². The van der Waals surface area contributed by atoms with Gasteiger partial charge in [-0.25, -0.2) is 0 Å². The summed E-state index contributed by atoms with van der Waals surface area (Å²) >= 11 is 2.83. The van der Waals surface area contributed by atoms with Crippen LogP contribution in [0.1, 0.15) is 27.2 Å². The third-order valence-electron chi connectivity index (χ3n) is 1.83. The van der Waals surface area contributed by atoms with Gasteiger partial charge in [-0.15, -0.1) is 10.2 Å². The van der Waals surface area contributed by atoms with Crippen LogP contribution in [0.15, 0.2) is 4.34 Å². The summed E-state index contributed by atoms with van der Waals surface area (Å²) in [6, 6.07) is 0. The molecule has 0 amide bonds. The number of thioether (sulfide) groups is 1. The second-order valence-electron chi connectivity index (χ2n) is 3.31. The third-order valence-corrected chi connectivity index (χ3v) is 3.87. The molecule has 0 aliphatic rings. The number of aromatic nitrogens is 2. The Kier molecular flexibility index (Phi) is 6.28. The molecule has 1 atom stereocenters. The molecule has 0 spiro atoms. The molecule has 5 nitrogen and oxygen atoms in total. The predicted molar refractivity (Wildman–Crippen MR) is 70.6 cm³/mol. The first-order valence-corrected chi connectivity index (χ1v) is 7.27. The van der Waals surface area contributed by atoms with Crippen molar-refractivity contribution in [2.75, 3.05) is 18.5 Å². The molecule has 1 rings (SSSR count). The lowest BCUT2D eigenvalue weighted by molar-refractivity contribution is -0.142. The lowest BCUT2D eigenvalue weighted by Crippen LogP contribution is -2.16. The second-order valence-corrected chi connectivity index (χ2v) is 5.88. The Labute approximate surface area is 109 Å². The molecule has 0 saturated carbocycles. The van der Waals surface area contributed by atoms with Crippen molar-refractivity contribution in [2.45, 2.75) is 36.8 Å². The normalized spacial score (nSPS) is 12.2. The van der Waals surface area contributed by atoms with E-state index in [1.54, 1.807) is 6.92 Å². The third kappa shape index (κ3) is 4.91. The number of esters is 1. The Morgan fingerprint density at radius 1 is 1.53 bits per heavy atom. The van der Waals surface area contributed by atoms with E-state index in [0.717, 1.165) is 22.4 Å². The molecule has 96 valence electrons. The number of anilines is 1. The lowest BCUT2D eigenvalue weighted by atomic mass is 10.5. The molecule has 17 heavy (non-hydrogen) atoms. The van der Waals surface area contributed by atoms with Gasteiger partial charge in [-0.2, -0.15) is 0 Å². The van der Waals surface area contributed by atoms with Gasteiger partial charge in [-0.05, 0) is 20.3 Å². The van der Waals surface area contributed by atoms with Crippen LogP contribution in [0, 0.1) is 0 Å². The topological polar surface area (TPSA) is 64.1 Å². The van der Waals surface area contributed by atoms with Gasteiger partial charge in [-0.1, -0.05) is 30.0 Å². The molecule has 1 N–H and O–H groups in total. The van der Waals surface area contributed by atoms with Crippen molar-refractivity contribution in [3.63, 3.8) is 0 Å². The van der Waals surface area contributed by atoms with Crippen LogP contribution in [0.25, 0.3) is 0 Å². The zero-order valence-corrected chi connectivity index (χ0v) is 11.9. The van der Waals surface area contributed by atoms with Gasteiger partial charge in [-0.3, -0.25) is 4.79 Å². The summed E-state index contributed by atoms with van der Waals surface area (Å²) in [6.07, 6.45) is 1.04. The second kappa shape index (κ2) is 7.50. The molecule has 1 aromatic rings. The summed E-state index contributed by atoms with van der Waals surface area (Å²) in [7, 11) is 0. The minimum atomic E-state index is -0.248. The molecule has 1 heterocycles. The summed E-state index contributed by atoms with van der Waals surface area (Å²) in [6.45, 7) is 6.98. The summed E-state index contributed by atoms with van der Waals surface area (Å²) in [5.74, 6) is -0.212. The molecule has 0 radical (unpaired) electrons.